The van der Waals surface area contributed by atoms with E-state index in [4.69, 9.17) is 9.47 Å². The quantitative estimate of drug-likeness (QED) is 0.497. The fourth-order valence-corrected chi connectivity index (χ4v) is 3.64. The number of ether oxygens (including phenoxy) is 2. The van der Waals surface area contributed by atoms with Crippen LogP contribution in [-0.4, -0.2) is 43.4 Å². The number of hydrogen-bond donors (Lipinski definition) is 1. The van der Waals surface area contributed by atoms with Gasteiger partial charge in [0.25, 0.3) is 0 Å². The molecule has 30 heavy (non-hydrogen) atoms. The Hall–Kier alpha value is -2.82. The van der Waals surface area contributed by atoms with Crippen molar-refractivity contribution in [3.63, 3.8) is 0 Å². The minimum absolute atomic E-state index is 0.641. The molecule has 4 nitrogen and oxygen atoms in total. The van der Waals surface area contributed by atoms with Crippen molar-refractivity contribution >= 4 is 0 Å². The highest BCUT2D eigenvalue weighted by atomic mass is 16.5. The van der Waals surface area contributed by atoms with Crippen LogP contribution >= 0.6 is 0 Å². The lowest BCUT2D eigenvalue weighted by Gasteiger charge is -2.30. The second kappa shape index (κ2) is 10.3. The summed E-state index contributed by atoms with van der Waals surface area (Å²) in [7, 11) is 1.64. The highest BCUT2D eigenvalue weighted by molar-refractivity contribution is 5.49. The van der Waals surface area contributed by atoms with Crippen LogP contribution in [0.4, 0.5) is 0 Å². The van der Waals surface area contributed by atoms with Gasteiger partial charge in [-0.05, 0) is 54.0 Å². The summed E-state index contributed by atoms with van der Waals surface area (Å²) in [5.41, 5.74) is 1.11. The number of rotatable bonds is 10. The third-order valence-corrected chi connectivity index (χ3v) is 5.54. The predicted molar refractivity (Wildman–Crippen MR) is 121 cm³/mol. The lowest BCUT2D eigenvalue weighted by atomic mass is 9.80. The number of hydrogen-bond acceptors (Lipinski definition) is 4. The van der Waals surface area contributed by atoms with E-state index >= 15 is 0 Å². The summed E-state index contributed by atoms with van der Waals surface area (Å²) >= 11 is 0. The standard InChI is InChI=1S/C26H31NO3/c1-4-27(5-2)19-20-30-25-17-13-23(14-18-25)26(28,21-9-7-6-8-10-21)22-11-15-24(29-3)16-12-22/h6-18,28H,4-5,19-20H2,1-3H3. The molecule has 0 fully saturated rings. The second-order valence-electron chi connectivity index (χ2n) is 7.20. The Morgan fingerprint density at radius 2 is 1.23 bits per heavy atom. The van der Waals surface area contributed by atoms with Crippen LogP contribution in [0.1, 0.15) is 30.5 Å². The highest BCUT2D eigenvalue weighted by Crippen LogP contribution is 2.37. The van der Waals surface area contributed by atoms with Crippen molar-refractivity contribution in [1.29, 1.82) is 0 Å². The van der Waals surface area contributed by atoms with Crippen molar-refractivity contribution in [2.45, 2.75) is 19.4 Å². The molecule has 3 aromatic rings. The van der Waals surface area contributed by atoms with E-state index < -0.39 is 5.60 Å². The Morgan fingerprint density at radius 1 is 0.733 bits per heavy atom. The van der Waals surface area contributed by atoms with Gasteiger partial charge in [-0.2, -0.15) is 0 Å². The maximum atomic E-state index is 11.9. The predicted octanol–water partition coefficient (Wildman–Crippen LogP) is 4.70. The molecule has 0 spiro atoms. The third-order valence-electron chi connectivity index (χ3n) is 5.54. The van der Waals surface area contributed by atoms with E-state index in [1.54, 1.807) is 7.11 Å². The summed E-state index contributed by atoms with van der Waals surface area (Å²) in [6.45, 7) is 7.89. The number of benzene rings is 3. The van der Waals surface area contributed by atoms with Crippen molar-refractivity contribution in [2.24, 2.45) is 0 Å². The largest absolute Gasteiger partial charge is 0.497 e. The molecule has 158 valence electrons. The molecular weight excluding hydrogens is 374 g/mol. The van der Waals surface area contributed by atoms with Gasteiger partial charge in [0, 0.05) is 6.54 Å². The highest BCUT2D eigenvalue weighted by Gasteiger charge is 2.33. The first kappa shape index (κ1) is 21.9. The van der Waals surface area contributed by atoms with E-state index in [9.17, 15) is 5.11 Å². The molecule has 0 aliphatic carbocycles. The van der Waals surface area contributed by atoms with Gasteiger partial charge in [0.1, 0.15) is 23.7 Å². The van der Waals surface area contributed by atoms with Gasteiger partial charge in [0.2, 0.25) is 0 Å². The molecule has 3 aromatic carbocycles. The minimum atomic E-state index is -1.27. The van der Waals surface area contributed by atoms with Crippen LogP contribution in [0.2, 0.25) is 0 Å². The number of nitrogens with zero attached hydrogens (tertiary/aromatic N) is 1. The zero-order valence-corrected chi connectivity index (χ0v) is 18.0. The van der Waals surface area contributed by atoms with E-state index in [2.05, 4.69) is 18.7 Å². The summed E-state index contributed by atoms with van der Waals surface area (Å²) < 4.78 is 11.2. The maximum absolute atomic E-state index is 11.9. The average Bonchev–Trinajstić information content (AvgIpc) is 2.82. The first-order valence-electron chi connectivity index (χ1n) is 10.5. The summed E-state index contributed by atoms with van der Waals surface area (Å²) in [5.74, 6) is 1.56. The molecule has 0 radical (unpaired) electrons. The maximum Gasteiger partial charge on any atom is 0.140 e. The minimum Gasteiger partial charge on any atom is -0.497 e. The van der Waals surface area contributed by atoms with Crippen molar-refractivity contribution in [3.05, 3.63) is 95.6 Å². The molecule has 0 bridgehead atoms. The molecule has 1 N–H and O–H groups in total. The van der Waals surface area contributed by atoms with Crippen molar-refractivity contribution < 1.29 is 14.6 Å². The van der Waals surface area contributed by atoms with Crippen molar-refractivity contribution in [1.82, 2.24) is 4.90 Å². The third kappa shape index (κ3) is 4.84. The molecule has 0 amide bonds. The fraction of sp³-hybridized carbons (Fsp3) is 0.308. The van der Waals surface area contributed by atoms with E-state index in [-0.39, 0.29) is 0 Å². The molecule has 0 saturated heterocycles. The normalized spacial score (nSPS) is 13.1. The summed E-state index contributed by atoms with van der Waals surface area (Å²) in [6.07, 6.45) is 0. The number of aliphatic hydroxyl groups is 1. The second-order valence-corrected chi connectivity index (χ2v) is 7.20. The van der Waals surface area contributed by atoms with E-state index in [1.165, 1.54) is 0 Å². The molecule has 1 atom stereocenters. The van der Waals surface area contributed by atoms with Gasteiger partial charge in [0.15, 0.2) is 0 Å². The first-order valence-corrected chi connectivity index (χ1v) is 10.5. The van der Waals surface area contributed by atoms with Crippen LogP contribution < -0.4 is 9.47 Å². The van der Waals surface area contributed by atoms with E-state index in [0.717, 1.165) is 47.8 Å². The van der Waals surface area contributed by atoms with Gasteiger partial charge in [-0.1, -0.05) is 68.4 Å². The number of likely N-dealkylation sites (N-methyl/N-ethyl adjacent to an activating group) is 1. The monoisotopic (exact) mass is 405 g/mol. The lowest BCUT2D eigenvalue weighted by Crippen LogP contribution is -2.29. The molecule has 0 aliphatic heterocycles. The van der Waals surface area contributed by atoms with Crippen molar-refractivity contribution in [3.8, 4) is 11.5 Å². The lowest BCUT2D eigenvalue weighted by molar-refractivity contribution is 0.125. The molecule has 4 heteroatoms. The summed E-state index contributed by atoms with van der Waals surface area (Å²) in [5, 5.41) is 11.9. The van der Waals surface area contributed by atoms with E-state index in [1.807, 2.05) is 78.9 Å². The molecule has 1 unspecified atom stereocenters. The van der Waals surface area contributed by atoms with Crippen LogP contribution in [0.5, 0.6) is 11.5 Å². The van der Waals surface area contributed by atoms with Gasteiger partial charge in [-0.25, -0.2) is 0 Å². The van der Waals surface area contributed by atoms with Gasteiger partial charge in [0.05, 0.1) is 7.11 Å². The Labute approximate surface area is 179 Å². The summed E-state index contributed by atoms with van der Waals surface area (Å²) in [6, 6.07) is 25.0. The molecule has 0 heterocycles. The van der Waals surface area contributed by atoms with Gasteiger partial charge < -0.3 is 19.5 Å². The van der Waals surface area contributed by atoms with Crippen LogP contribution in [0, 0.1) is 0 Å². The SMILES string of the molecule is CCN(CC)CCOc1ccc(C(O)(c2ccccc2)c2ccc(OC)cc2)cc1. The summed E-state index contributed by atoms with van der Waals surface area (Å²) in [4.78, 5) is 2.33. The van der Waals surface area contributed by atoms with E-state index in [0.29, 0.717) is 6.61 Å². The molecule has 3 rings (SSSR count). The van der Waals surface area contributed by atoms with Crippen LogP contribution in [-0.2, 0) is 5.60 Å². The van der Waals surface area contributed by atoms with Crippen molar-refractivity contribution in [2.75, 3.05) is 33.4 Å². The number of methoxy groups -OCH3 is 1. The van der Waals surface area contributed by atoms with Gasteiger partial charge in [-0.15, -0.1) is 0 Å². The molecule has 0 aliphatic rings. The topological polar surface area (TPSA) is 41.9 Å². The molecule has 0 saturated carbocycles. The Morgan fingerprint density at radius 3 is 1.73 bits per heavy atom. The zero-order chi connectivity index (χ0) is 21.4. The Bertz CT molecular complexity index is 890. The fourth-order valence-electron chi connectivity index (χ4n) is 3.64. The molecular formula is C26H31NO3. The van der Waals surface area contributed by atoms with Gasteiger partial charge >= 0.3 is 0 Å². The average molecular weight is 406 g/mol. The van der Waals surface area contributed by atoms with Crippen LogP contribution in [0.15, 0.2) is 78.9 Å². The van der Waals surface area contributed by atoms with Crippen LogP contribution in [0.25, 0.3) is 0 Å². The first-order chi connectivity index (χ1) is 14.6. The van der Waals surface area contributed by atoms with Crippen LogP contribution in [0.3, 0.4) is 0 Å². The van der Waals surface area contributed by atoms with Gasteiger partial charge in [-0.3, -0.25) is 0 Å². The zero-order valence-electron chi connectivity index (χ0n) is 18.0. The Balaban J connectivity index is 1.87. The smallest absolute Gasteiger partial charge is 0.140 e. The molecule has 0 aromatic heterocycles. The Kier molecular flexibility index (Phi) is 7.50.